The molecule has 1 unspecified atom stereocenters. The van der Waals surface area contributed by atoms with Gasteiger partial charge < -0.3 is 9.88 Å². The van der Waals surface area contributed by atoms with Crippen molar-refractivity contribution in [3.63, 3.8) is 0 Å². The molecular weight excluding hydrogens is 410 g/mol. The zero-order valence-corrected chi connectivity index (χ0v) is 18.3. The lowest BCUT2D eigenvalue weighted by molar-refractivity contribution is -0.115. The van der Waals surface area contributed by atoms with E-state index in [0.29, 0.717) is 23.3 Å². The predicted molar refractivity (Wildman–Crippen MR) is 113 cm³/mol. The quantitative estimate of drug-likeness (QED) is 0.480. The Labute approximate surface area is 175 Å². The van der Waals surface area contributed by atoms with Crippen molar-refractivity contribution in [2.45, 2.75) is 47.5 Å². The molecule has 1 N–H and O–H groups in total. The van der Waals surface area contributed by atoms with Gasteiger partial charge in [0.15, 0.2) is 5.16 Å². The molecule has 10 heteroatoms. The first-order chi connectivity index (χ1) is 13.7. The minimum Gasteiger partial charge on any atom is -0.325 e. The molecule has 0 aliphatic heterocycles. The summed E-state index contributed by atoms with van der Waals surface area (Å²) < 4.78 is 27.7. The highest BCUT2D eigenvalue weighted by Gasteiger charge is 2.31. The molecule has 1 aliphatic rings. The number of sulfonamides is 1. The first kappa shape index (κ1) is 21.5. The van der Waals surface area contributed by atoms with Crippen LogP contribution in [0, 0.1) is 0 Å². The summed E-state index contributed by atoms with van der Waals surface area (Å²) in [4.78, 5) is 12.8. The number of anilines is 1. The zero-order chi connectivity index (χ0) is 21.2. The molecule has 29 heavy (non-hydrogen) atoms. The number of allylic oxidation sites excluding steroid dienone is 1. The lowest BCUT2D eigenvalue weighted by Gasteiger charge is -2.15. The Kier molecular flexibility index (Phi) is 6.45. The van der Waals surface area contributed by atoms with E-state index in [0.717, 1.165) is 23.0 Å². The van der Waals surface area contributed by atoms with E-state index < -0.39 is 15.3 Å². The number of nitrogens with zero attached hydrogens (tertiary/aromatic N) is 4. The third-order valence-electron chi connectivity index (χ3n) is 4.53. The molecule has 2 aromatic rings. The van der Waals surface area contributed by atoms with E-state index >= 15 is 0 Å². The smallest absolute Gasteiger partial charge is 0.242 e. The first-order valence-electron chi connectivity index (χ1n) is 9.28. The van der Waals surface area contributed by atoms with Crippen molar-refractivity contribution >= 4 is 33.4 Å². The van der Waals surface area contributed by atoms with Crippen molar-refractivity contribution in [1.82, 2.24) is 19.1 Å². The molecule has 1 atom stereocenters. The van der Waals surface area contributed by atoms with E-state index in [9.17, 15) is 13.2 Å². The largest absolute Gasteiger partial charge is 0.325 e. The lowest BCUT2D eigenvalue weighted by atomic mass is 10.3. The van der Waals surface area contributed by atoms with Crippen LogP contribution in [-0.2, 0) is 21.4 Å². The van der Waals surface area contributed by atoms with E-state index in [1.807, 2.05) is 4.57 Å². The highest BCUT2D eigenvalue weighted by Crippen LogP contribution is 2.40. The van der Waals surface area contributed by atoms with Gasteiger partial charge in [0.05, 0.1) is 10.1 Å². The van der Waals surface area contributed by atoms with Crippen molar-refractivity contribution in [2.24, 2.45) is 0 Å². The van der Waals surface area contributed by atoms with Gasteiger partial charge in [-0.15, -0.1) is 16.8 Å². The topological polar surface area (TPSA) is 97.2 Å². The number of rotatable bonds is 9. The summed E-state index contributed by atoms with van der Waals surface area (Å²) in [5.74, 6) is 1.15. The highest BCUT2D eigenvalue weighted by molar-refractivity contribution is 8.00. The van der Waals surface area contributed by atoms with Gasteiger partial charge in [-0.05, 0) is 38.0 Å². The molecule has 0 bridgehead atoms. The fraction of sp³-hybridized carbons (Fsp3) is 0.421. The Morgan fingerprint density at radius 3 is 2.76 bits per heavy atom. The average molecular weight is 436 g/mol. The van der Waals surface area contributed by atoms with Crippen molar-refractivity contribution < 1.29 is 13.2 Å². The van der Waals surface area contributed by atoms with Gasteiger partial charge in [-0.25, -0.2) is 12.7 Å². The van der Waals surface area contributed by atoms with Gasteiger partial charge in [-0.2, -0.15) is 0 Å². The van der Waals surface area contributed by atoms with E-state index in [2.05, 4.69) is 22.1 Å². The van der Waals surface area contributed by atoms with Crippen molar-refractivity contribution in [2.75, 3.05) is 19.4 Å². The van der Waals surface area contributed by atoms with Crippen LogP contribution in [0.3, 0.4) is 0 Å². The van der Waals surface area contributed by atoms with Crippen molar-refractivity contribution in [3.05, 3.63) is 42.7 Å². The molecule has 1 aliphatic carbocycles. The Hall–Kier alpha value is -2.17. The fourth-order valence-electron chi connectivity index (χ4n) is 2.73. The maximum Gasteiger partial charge on any atom is 0.242 e. The Morgan fingerprint density at radius 2 is 2.14 bits per heavy atom. The summed E-state index contributed by atoms with van der Waals surface area (Å²) in [6.45, 7) is 6.17. The molecule has 1 saturated carbocycles. The second-order valence-electron chi connectivity index (χ2n) is 7.08. The molecule has 156 valence electrons. The minimum atomic E-state index is -3.57. The summed E-state index contributed by atoms with van der Waals surface area (Å²) in [6, 6.07) is 6.22. The molecule has 8 nitrogen and oxygen atoms in total. The SMILES string of the molecule is C=CCn1c(SC(C)C(=O)Nc2cccc(S(=O)(=O)N(C)C)c2)nnc1C1CC1. The number of carbonyl (C=O) groups excluding carboxylic acids is 1. The van der Waals surface area contributed by atoms with Gasteiger partial charge in [0.1, 0.15) is 5.82 Å². The van der Waals surface area contributed by atoms with Gasteiger partial charge in [-0.1, -0.05) is 23.9 Å². The third kappa shape index (κ3) is 4.88. The van der Waals surface area contributed by atoms with Crippen molar-refractivity contribution in [1.29, 1.82) is 0 Å². The molecule has 3 rings (SSSR count). The molecule has 1 heterocycles. The molecule has 0 saturated heterocycles. The van der Waals surface area contributed by atoms with Crippen LogP contribution in [0.25, 0.3) is 0 Å². The normalized spacial score (nSPS) is 15.3. The zero-order valence-electron chi connectivity index (χ0n) is 16.7. The summed E-state index contributed by atoms with van der Waals surface area (Å²) in [7, 11) is -0.636. The Morgan fingerprint density at radius 1 is 1.41 bits per heavy atom. The maximum absolute atomic E-state index is 12.7. The van der Waals surface area contributed by atoms with Crippen LogP contribution in [0.5, 0.6) is 0 Å². The molecule has 0 spiro atoms. The molecule has 0 radical (unpaired) electrons. The third-order valence-corrected chi connectivity index (χ3v) is 7.42. The van der Waals surface area contributed by atoms with Gasteiger partial charge in [0, 0.05) is 32.2 Å². The average Bonchev–Trinajstić information content (AvgIpc) is 3.45. The van der Waals surface area contributed by atoms with Gasteiger partial charge in [-0.3, -0.25) is 4.79 Å². The Bertz CT molecular complexity index is 1010. The summed E-state index contributed by atoms with van der Waals surface area (Å²) in [5, 5.41) is 11.6. The van der Waals surface area contributed by atoms with Gasteiger partial charge in [0.25, 0.3) is 0 Å². The van der Waals surface area contributed by atoms with Crippen LogP contribution in [0.15, 0.2) is 47.0 Å². The number of hydrogen-bond acceptors (Lipinski definition) is 6. The number of benzene rings is 1. The number of carbonyl (C=O) groups is 1. The van der Waals surface area contributed by atoms with E-state index in [1.54, 1.807) is 25.1 Å². The Balaban J connectivity index is 1.71. The van der Waals surface area contributed by atoms with E-state index in [4.69, 9.17) is 0 Å². The van der Waals surface area contributed by atoms with Gasteiger partial charge >= 0.3 is 0 Å². The van der Waals surface area contributed by atoms with Crippen LogP contribution >= 0.6 is 11.8 Å². The summed E-state index contributed by atoms with van der Waals surface area (Å²) >= 11 is 1.32. The second-order valence-corrected chi connectivity index (χ2v) is 10.5. The number of hydrogen-bond donors (Lipinski definition) is 1. The van der Waals surface area contributed by atoms with Crippen LogP contribution < -0.4 is 5.32 Å². The number of thioether (sulfide) groups is 1. The number of amides is 1. The molecular formula is C19H25N5O3S2. The molecule has 1 aromatic carbocycles. The standard InChI is InChI=1S/C19H25N5O3S2/c1-5-11-24-17(14-9-10-14)21-22-19(24)28-13(2)18(25)20-15-7-6-8-16(12-15)29(26,27)23(3)4/h5-8,12-14H,1,9-11H2,2-4H3,(H,20,25). The van der Waals surface area contributed by atoms with Crippen LogP contribution in [0.4, 0.5) is 5.69 Å². The monoisotopic (exact) mass is 435 g/mol. The lowest BCUT2D eigenvalue weighted by Crippen LogP contribution is -2.24. The first-order valence-corrected chi connectivity index (χ1v) is 11.6. The highest BCUT2D eigenvalue weighted by atomic mass is 32.2. The maximum atomic E-state index is 12.7. The van der Waals surface area contributed by atoms with Crippen LogP contribution in [-0.4, -0.2) is 52.7 Å². The number of nitrogens with one attached hydrogen (secondary N) is 1. The molecule has 1 aromatic heterocycles. The second kappa shape index (κ2) is 8.68. The predicted octanol–water partition coefficient (Wildman–Crippen LogP) is 2.71. The number of aromatic nitrogens is 3. The van der Waals surface area contributed by atoms with E-state index in [-0.39, 0.29) is 10.8 Å². The molecule has 1 fully saturated rings. The van der Waals surface area contributed by atoms with Crippen LogP contribution in [0.1, 0.15) is 31.5 Å². The molecule has 1 amide bonds. The fourth-order valence-corrected chi connectivity index (χ4v) is 4.55. The van der Waals surface area contributed by atoms with Crippen LogP contribution in [0.2, 0.25) is 0 Å². The summed E-state index contributed by atoms with van der Waals surface area (Å²) in [5.41, 5.74) is 0.427. The van der Waals surface area contributed by atoms with Gasteiger partial charge in [0.2, 0.25) is 15.9 Å². The summed E-state index contributed by atoms with van der Waals surface area (Å²) in [6.07, 6.45) is 4.02. The minimum absolute atomic E-state index is 0.125. The van der Waals surface area contributed by atoms with E-state index in [1.165, 1.54) is 38.0 Å². The van der Waals surface area contributed by atoms with Crippen molar-refractivity contribution in [3.8, 4) is 0 Å².